The molecule has 1 aliphatic heterocycles. The number of halogens is 4. The van der Waals surface area contributed by atoms with Gasteiger partial charge in [-0.3, -0.25) is 0 Å². The fourth-order valence-electron chi connectivity index (χ4n) is 4.63. The molecule has 1 unspecified atom stereocenters. The average molecular weight is 470 g/mol. The van der Waals surface area contributed by atoms with Crippen molar-refractivity contribution in [3.63, 3.8) is 0 Å². The molecule has 0 fully saturated rings. The monoisotopic (exact) mass is 470 g/mol. The number of allylic oxidation sites excluding steroid dienone is 4. The number of alkyl halides is 3. The van der Waals surface area contributed by atoms with E-state index in [1.54, 1.807) is 45.8 Å². The number of hydrogen-bond acceptors (Lipinski definition) is 4. The van der Waals surface area contributed by atoms with Crippen molar-refractivity contribution in [2.24, 2.45) is 5.92 Å². The Morgan fingerprint density at radius 3 is 2.71 bits per heavy atom. The Bertz CT molecular complexity index is 1300. The van der Waals surface area contributed by atoms with E-state index in [1.807, 2.05) is 6.92 Å². The van der Waals surface area contributed by atoms with Gasteiger partial charge in [0, 0.05) is 30.2 Å². The van der Waals surface area contributed by atoms with E-state index in [0.29, 0.717) is 36.7 Å². The number of imidazole rings is 1. The van der Waals surface area contributed by atoms with E-state index in [9.17, 15) is 17.6 Å². The summed E-state index contributed by atoms with van der Waals surface area (Å²) >= 11 is 0. The zero-order valence-electron chi connectivity index (χ0n) is 18.4. The summed E-state index contributed by atoms with van der Waals surface area (Å²) in [5, 5.41) is 4.45. The van der Waals surface area contributed by atoms with E-state index in [0.717, 1.165) is 12.1 Å². The lowest BCUT2D eigenvalue weighted by molar-refractivity contribution is -0.101. The maximum absolute atomic E-state index is 14.5. The number of aryl methyl sites for hydroxylation is 2. The number of rotatable bonds is 4. The predicted molar refractivity (Wildman–Crippen MR) is 118 cm³/mol. The van der Waals surface area contributed by atoms with Gasteiger partial charge in [0.1, 0.15) is 11.5 Å². The van der Waals surface area contributed by atoms with Crippen molar-refractivity contribution in [1.82, 2.24) is 29.3 Å². The molecule has 0 saturated carbocycles. The minimum atomic E-state index is -4.38. The predicted octanol–water partition coefficient (Wildman–Crippen LogP) is 5.42. The fraction of sp³-hybridized carbons (Fsp3) is 0.333. The van der Waals surface area contributed by atoms with Crippen LogP contribution in [-0.4, -0.2) is 35.5 Å². The standard InChI is InChI=1S/C24H22F4N6/c1-15-13-33(14-29-15)20-10-8-16(30-22(20)25)9-11-21-31-23-18(6-4-12-34(23)32-21)17-5-2-3-7-19(17)24(26,27)28/h2-3,7-11,13-14,17-18H,4-6,12H2,1H3/b11-9+/t17?,18-/m0/s1. The Labute approximate surface area is 193 Å². The van der Waals surface area contributed by atoms with Crippen LogP contribution in [0.5, 0.6) is 0 Å². The molecular formula is C24H22F4N6. The van der Waals surface area contributed by atoms with Crippen LogP contribution in [0, 0.1) is 18.8 Å². The van der Waals surface area contributed by atoms with Gasteiger partial charge in [-0.2, -0.15) is 22.7 Å². The molecule has 5 rings (SSSR count). The van der Waals surface area contributed by atoms with Crippen molar-refractivity contribution in [3.8, 4) is 5.69 Å². The summed E-state index contributed by atoms with van der Waals surface area (Å²) in [6, 6.07) is 3.27. The second-order valence-electron chi connectivity index (χ2n) is 8.49. The van der Waals surface area contributed by atoms with Gasteiger partial charge in [0.05, 0.1) is 17.7 Å². The molecule has 2 atom stereocenters. The van der Waals surface area contributed by atoms with Crippen LogP contribution in [0.1, 0.15) is 48.2 Å². The molecule has 0 radical (unpaired) electrons. The van der Waals surface area contributed by atoms with Gasteiger partial charge in [-0.1, -0.05) is 18.2 Å². The lowest BCUT2D eigenvalue weighted by Gasteiger charge is -2.33. The zero-order chi connectivity index (χ0) is 23.9. The molecule has 0 bridgehead atoms. The second-order valence-corrected chi connectivity index (χ2v) is 8.49. The summed E-state index contributed by atoms with van der Waals surface area (Å²) in [5.41, 5.74) is 0.910. The first-order chi connectivity index (χ1) is 16.3. The Balaban J connectivity index is 1.38. The number of pyridine rings is 1. The van der Waals surface area contributed by atoms with Crippen LogP contribution in [0.25, 0.3) is 17.8 Å². The second kappa shape index (κ2) is 8.66. The highest BCUT2D eigenvalue weighted by molar-refractivity contribution is 5.64. The van der Waals surface area contributed by atoms with Crippen molar-refractivity contribution in [2.45, 2.75) is 44.8 Å². The normalized spacial score (nSPS) is 20.6. The minimum Gasteiger partial charge on any atom is -0.302 e. The first-order valence-corrected chi connectivity index (χ1v) is 11.0. The van der Waals surface area contributed by atoms with Gasteiger partial charge in [0.15, 0.2) is 5.82 Å². The number of nitrogens with zero attached hydrogens (tertiary/aromatic N) is 6. The zero-order valence-corrected chi connectivity index (χ0v) is 18.4. The van der Waals surface area contributed by atoms with E-state index < -0.39 is 23.6 Å². The third-order valence-electron chi connectivity index (χ3n) is 6.19. The molecule has 10 heteroatoms. The van der Waals surface area contributed by atoms with Gasteiger partial charge in [-0.25, -0.2) is 19.6 Å². The van der Waals surface area contributed by atoms with Crippen LogP contribution in [-0.2, 0) is 6.54 Å². The largest absolute Gasteiger partial charge is 0.412 e. The average Bonchev–Trinajstić information content (AvgIpc) is 3.43. The molecule has 4 heterocycles. The molecule has 3 aromatic rings. The topological polar surface area (TPSA) is 61.4 Å². The molecule has 6 nitrogen and oxygen atoms in total. The van der Waals surface area contributed by atoms with Crippen molar-refractivity contribution in [1.29, 1.82) is 0 Å². The molecule has 3 aromatic heterocycles. The molecule has 0 aromatic carbocycles. The molecule has 0 spiro atoms. The Morgan fingerprint density at radius 1 is 1.12 bits per heavy atom. The van der Waals surface area contributed by atoms with Crippen LogP contribution in [0.2, 0.25) is 0 Å². The molecule has 176 valence electrons. The smallest absolute Gasteiger partial charge is 0.302 e. The van der Waals surface area contributed by atoms with Crippen LogP contribution in [0.3, 0.4) is 0 Å². The van der Waals surface area contributed by atoms with Gasteiger partial charge < -0.3 is 4.57 Å². The molecule has 0 amide bonds. The summed E-state index contributed by atoms with van der Waals surface area (Å²) in [6.45, 7) is 2.42. The van der Waals surface area contributed by atoms with Crippen molar-refractivity contribution < 1.29 is 17.6 Å². The van der Waals surface area contributed by atoms with Crippen molar-refractivity contribution >= 4 is 12.2 Å². The highest BCUT2D eigenvalue weighted by Gasteiger charge is 2.43. The molecule has 0 saturated heterocycles. The van der Waals surface area contributed by atoms with Gasteiger partial charge in [0.25, 0.3) is 0 Å². The lowest BCUT2D eigenvalue weighted by atomic mass is 9.77. The van der Waals surface area contributed by atoms with E-state index in [-0.39, 0.29) is 11.6 Å². The third kappa shape index (κ3) is 4.32. The number of hydrogen-bond donors (Lipinski definition) is 0. The van der Waals surface area contributed by atoms with Gasteiger partial charge in [-0.15, -0.1) is 0 Å². The Morgan fingerprint density at radius 2 is 1.97 bits per heavy atom. The summed E-state index contributed by atoms with van der Waals surface area (Å²) in [7, 11) is 0. The van der Waals surface area contributed by atoms with Crippen LogP contribution in [0.15, 0.2) is 48.5 Å². The maximum atomic E-state index is 14.5. The number of aromatic nitrogens is 6. The highest BCUT2D eigenvalue weighted by atomic mass is 19.4. The van der Waals surface area contributed by atoms with E-state index in [2.05, 4.69) is 20.1 Å². The molecule has 1 aliphatic carbocycles. The third-order valence-corrected chi connectivity index (χ3v) is 6.19. The van der Waals surface area contributed by atoms with Gasteiger partial charge in [-0.05, 0) is 50.5 Å². The fourth-order valence-corrected chi connectivity index (χ4v) is 4.63. The Kier molecular flexibility index (Phi) is 5.66. The van der Waals surface area contributed by atoms with Crippen molar-refractivity contribution in [3.05, 3.63) is 77.4 Å². The summed E-state index contributed by atoms with van der Waals surface area (Å²) in [4.78, 5) is 12.6. The van der Waals surface area contributed by atoms with Gasteiger partial charge in [0.2, 0.25) is 5.95 Å². The van der Waals surface area contributed by atoms with Crippen LogP contribution in [0.4, 0.5) is 17.6 Å². The van der Waals surface area contributed by atoms with Gasteiger partial charge >= 0.3 is 6.18 Å². The van der Waals surface area contributed by atoms with E-state index in [1.165, 1.54) is 18.5 Å². The van der Waals surface area contributed by atoms with Crippen molar-refractivity contribution in [2.75, 3.05) is 0 Å². The highest BCUT2D eigenvalue weighted by Crippen LogP contribution is 2.45. The lowest BCUT2D eigenvalue weighted by Crippen LogP contribution is -2.30. The first-order valence-electron chi connectivity index (χ1n) is 11.0. The summed E-state index contributed by atoms with van der Waals surface area (Å²) < 4.78 is 58.6. The SMILES string of the molecule is Cc1cn(-c2ccc(/C=C/c3nc4n(n3)CCC[C@H]4C3CC=CC=C3C(F)(F)F)nc2F)cn1. The maximum Gasteiger partial charge on any atom is 0.412 e. The molecular weight excluding hydrogens is 448 g/mol. The van der Waals surface area contributed by atoms with E-state index >= 15 is 0 Å². The minimum absolute atomic E-state index is 0.284. The first kappa shape index (κ1) is 22.2. The van der Waals surface area contributed by atoms with Crippen LogP contribution >= 0.6 is 0 Å². The summed E-state index contributed by atoms with van der Waals surface area (Å²) in [6.07, 6.45) is 8.11. The Hall–Kier alpha value is -3.56. The molecule has 2 aliphatic rings. The van der Waals surface area contributed by atoms with Crippen LogP contribution < -0.4 is 0 Å². The number of fused-ring (bicyclic) bond motifs is 1. The quantitative estimate of drug-likeness (QED) is 0.377. The molecule has 34 heavy (non-hydrogen) atoms. The summed E-state index contributed by atoms with van der Waals surface area (Å²) in [5.74, 6) is -0.767. The molecule has 0 N–H and O–H groups in total. The van der Waals surface area contributed by atoms with E-state index in [4.69, 9.17) is 0 Å².